The van der Waals surface area contributed by atoms with E-state index in [0.29, 0.717) is 0 Å². The van der Waals surface area contributed by atoms with Crippen LogP contribution in [0.2, 0.25) is 0 Å². The first-order valence-corrected chi connectivity index (χ1v) is 6.67. The lowest BCUT2D eigenvalue weighted by molar-refractivity contribution is 0.402. The van der Waals surface area contributed by atoms with Gasteiger partial charge in [-0.2, -0.15) is 0 Å². The predicted octanol–water partition coefficient (Wildman–Crippen LogP) is 2.93. The van der Waals surface area contributed by atoms with E-state index in [4.69, 9.17) is 0 Å². The summed E-state index contributed by atoms with van der Waals surface area (Å²) >= 11 is 0. The smallest absolute Gasteiger partial charge is 0.0729 e. The van der Waals surface area contributed by atoms with Crippen LogP contribution in [0.5, 0.6) is 0 Å². The average Bonchev–Trinajstić information content (AvgIpc) is 2.67. The highest BCUT2D eigenvalue weighted by molar-refractivity contribution is 5.87. The summed E-state index contributed by atoms with van der Waals surface area (Å²) in [7, 11) is 0. The molecule has 0 radical (unpaired) electrons. The minimum atomic E-state index is 0.750. The van der Waals surface area contributed by atoms with Gasteiger partial charge in [0.1, 0.15) is 0 Å². The molecule has 1 aliphatic carbocycles. The first-order chi connectivity index (χ1) is 8.34. The zero-order valence-corrected chi connectivity index (χ0v) is 10.3. The van der Waals surface area contributed by atoms with E-state index in [0.717, 1.165) is 12.6 Å². The molecule has 2 aliphatic rings. The lowest BCUT2D eigenvalue weighted by Crippen LogP contribution is -2.34. The van der Waals surface area contributed by atoms with E-state index in [1.54, 1.807) is 11.3 Å². The van der Waals surface area contributed by atoms with Crippen LogP contribution in [0.25, 0.3) is 10.9 Å². The van der Waals surface area contributed by atoms with Gasteiger partial charge in [-0.3, -0.25) is 5.32 Å². The van der Waals surface area contributed by atoms with Gasteiger partial charge in [-0.05, 0) is 43.9 Å². The minimum absolute atomic E-state index is 0.750. The van der Waals surface area contributed by atoms with Gasteiger partial charge in [-0.15, -0.1) is 0 Å². The van der Waals surface area contributed by atoms with Gasteiger partial charge in [0.05, 0.1) is 6.67 Å². The van der Waals surface area contributed by atoms with E-state index in [-0.39, 0.29) is 0 Å². The van der Waals surface area contributed by atoms with Gasteiger partial charge in [0.25, 0.3) is 0 Å². The molecule has 2 aromatic rings. The number of nitrogens with zero attached hydrogens (tertiary/aromatic N) is 1. The monoisotopic (exact) mass is 226 g/mol. The van der Waals surface area contributed by atoms with Crippen LogP contribution < -0.4 is 5.32 Å². The molecule has 2 nitrogen and oxygen atoms in total. The number of hydrogen-bond donors (Lipinski definition) is 1. The number of aryl methyl sites for hydroxylation is 2. The summed E-state index contributed by atoms with van der Waals surface area (Å²) in [5.74, 6) is 0.750. The molecular formula is C15H18N2. The van der Waals surface area contributed by atoms with Gasteiger partial charge >= 0.3 is 0 Å². The predicted molar refractivity (Wildman–Crippen MR) is 70.4 cm³/mol. The van der Waals surface area contributed by atoms with Gasteiger partial charge in [0.15, 0.2) is 0 Å². The Balaban J connectivity index is 2.11. The minimum Gasteiger partial charge on any atom is -0.331 e. The molecule has 4 rings (SSSR count). The summed E-state index contributed by atoms with van der Waals surface area (Å²) in [6.07, 6.45) is 3.99. The van der Waals surface area contributed by atoms with E-state index < -0.39 is 0 Å². The Kier molecular flexibility index (Phi) is 1.92. The van der Waals surface area contributed by atoms with Crippen LogP contribution in [0.3, 0.4) is 0 Å². The van der Waals surface area contributed by atoms with Crippen LogP contribution in [-0.4, -0.2) is 11.1 Å². The lowest BCUT2D eigenvalue weighted by Gasteiger charge is -2.30. The Hall–Kier alpha value is -1.28. The summed E-state index contributed by atoms with van der Waals surface area (Å²) in [6.45, 7) is 4.36. The summed E-state index contributed by atoms with van der Waals surface area (Å²) in [6, 6.07) is 6.91. The summed E-state index contributed by atoms with van der Waals surface area (Å²) in [4.78, 5) is 0. The third kappa shape index (κ3) is 1.25. The normalized spacial score (nSPS) is 22.8. The highest BCUT2D eigenvalue weighted by Crippen LogP contribution is 2.39. The molecule has 0 fully saturated rings. The fourth-order valence-electron chi connectivity index (χ4n) is 3.67. The average molecular weight is 226 g/mol. The van der Waals surface area contributed by atoms with E-state index in [1.807, 2.05) is 0 Å². The Morgan fingerprint density at radius 3 is 3.24 bits per heavy atom. The molecule has 88 valence electrons. The molecule has 0 amide bonds. The number of benzene rings is 1. The van der Waals surface area contributed by atoms with Crippen molar-refractivity contribution in [3.05, 3.63) is 35.0 Å². The first-order valence-electron chi connectivity index (χ1n) is 6.67. The van der Waals surface area contributed by atoms with Gasteiger partial charge in [0, 0.05) is 29.1 Å². The Labute approximate surface area is 102 Å². The summed E-state index contributed by atoms with van der Waals surface area (Å²) in [5, 5.41) is 5.07. The Bertz CT molecular complexity index is 592. The van der Waals surface area contributed by atoms with Crippen LogP contribution in [-0.2, 0) is 13.1 Å². The quantitative estimate of drug-likeness (QED) is 0.731. The van der Waals surface area contributed by atoms with Crippen molar-refractivity contribution in [1.82, 2.24) is 9.88 Å². The number of rotatable bonds is 0. The fraction of sp³-hybridized carbons (Fsp3) is 0.467. The molecule has 1 unspecified atom stereocenters. The molecule has 2 heteroatoms. The standard InChI is InChI=1S/C15H18N2/c1-10-5-6-14-13(7-10)12-4-2-3-11-8-16-9-17(14)15(11)12/h5-7,11,16H,2-4,8-9H2,1H3. The van der Waals surface area contributed by atoms with Gasteiger partial charge < -0.3 is 4.57 Å². The summed E-state index contributed by atoms with van der Waals surface area (Å²) in [5.41, 5.74) is 6.09. The molecule has 17 heavy (non-hydrogen) atoms. The van der Waals surface area contributed by atoms with Crippen molar-refractivity contribution in [1.29, 1.82) is 0 Å². The maximum absolute atomic E-state index is 3.56. The molecule has 2 heterocycles. The van der Waals surface area contributed by atoms with Gasteiger partial charge in [0.2, 0.25) is 0 Å². The molecule has 0 bridgehead atoms. The Morgan fingerprint density at radius 2 is 2.29 bits per heavy atom. The zero-order chi connectivity index (χ0) is 11.4. The zero-order valence-electron chi connectivity index (χ0n) is 10.3. The lowest BCUT2D eigenvalue weighted by atomic mass is 9.86. The molecule has 1 aromatic heterocycles. The third-order valence-corrected chi connectivity index (χ3v) is 4.39. The molecular weight excluding hydrogens is 208 g/mol. The van der Waals surface area contributed by atoms with Crippen LogP contribution in [0, 0.1) is 6.92 Å². The van der Waals surface area contributed by atoms with E-state index in [1.165, 1.54) is 42.3 Å². The highest BCUT2D eigenvalue weighted by Gasteiger charge is 2.29. The fourth-order valence-corrected chi connectivity index (χ4v) is 3.67. The molecule has 0 saturated carbocycles. The van der Waals surface area contributed by atoms with Crippen molar-refractivity contribution in [2.45, 2.75) is 38.8 Å². The second-order valence-electron chi connectivity index (χ2n) is 5.51. The van der Waals surface area contributed by atoms with E-state index in [9.17, 15) is 0 Å². The second-order valence-corrected chi connectivity index (χ2v) is 5.51. The van der Waals surface area contributed by atoms with E-state index >= 15 is 0 Å². The molecule has 1 N–H and O–H groups in total. The summed E-state index contributed by atoms with van der Waals surface area (Å²) < 4.78 is 2.51. The van der Waals surface area contributed by atoms with Crippen molar-refractivity contribution in [3.63, 3.8) is 0 Å². The van der Waals surface area contributed by atoms with Gasteiger partial charge in [-0.25, -0.2) is 0 Å². The number of nitrogens with one attached hydrogen (secondary N) is 1. The molecule has 0 saturated heterocycles. The van der Waals surface area contributed by atoms with Crippen molar-refractivity contribution in [3.8, 4) is 0 Å². The molecule has 1 aliphatic heterocycles. The van der Waals surface area contributed by atoms with Crippen LogP contribution in [0.1, 0.15) is 35.6 Å². The highest BCUT2D eigenvalue weighted by atomic mass is 15.2. The van der Waals surface area contributed by atoms with Crippen molar-refractivity contribution in [2.75, 3.05) is 6.54 Å². The van der Waals surface area contributed by atoms with Crippen molar-refractivity contribution >= 4 is 10.9 Å². The Morgan fingerprint density at radius 1 is 1.35 bits per heavy atom. The molecule has 1 aromatic carbocycles. The van der Waals surface area contributed by atoms with Crippen LogP contribution in [0.4, 0.5) is 0 Å². The van der Waals surface area contributed by atoms with Gasteiger partial charge in [-0.1, -0.05) is 11.6 Å². The second kappa shape index (κ2) is 3.36. The molecule has 0 spiro atoms. The maximum atomic E-state index is 3.56. The van der Waals surface area contributed by atoms with Crippen LogP contribution in [0.15, 0.2) is 18.2 Å². The maximum Gasteiger partial charge on any atom is 0.0729 e. The topological polar surface area (TPSA) is 17.0 Å². The number of aromatic nitrogens is 1. The SMILES string of the molecule is Cc1ccc2c(c1)c1c3n2CNCC3CCC1. The molecule has 1 atom stereocenters. The largest absolute Gasteiger partial charge is 0.331 e. The third-order valence-electron chi connectivity index (χ3n) is 4.39. The number of hydrogen-bond acceptors (Lipinski definition) is 1. The van der Waals surface area contributed by atoms with E-state index in [2.05, 4.69) is 35.0 Å². The first kappa shape index (κ1) is 9.72. The van der Waals surface area contributed by atoms with Crippen LogP contribution >= 0.6 is 0 Å². The van der Waals surface area contributed by atoms with Crippen molar-refractivity contribution < 1.29 is 0 Å². The number of fused-ring (bicyclic) bond motifs is 3. The van der Waals surface area contributed by atoms with Crippen molar-refractivity contribution in [2.24, 2.45) is 0 Å².